The first-order valence-electron chi connectivity index (χ1n) is 16.8. The highest BCUT2D eigenvalue weighted by molar-refractivity contribution is 7.17. The number of rotatable bonds is 5. The average Bonchev–Trinajstić information content (AvgIpc) is 3.75. The summed E-state index contributed by atoms with van der Waals surface area (Å²) in [6.45, 7) is 4.39. The number of nitrogens with zero attached hydrogens (tertiary/aromatic N) is 5. The predicted octanol–water partition coefficient (Wildman–Crippen LogP) is 5.17. The minimum absolute atomic E-state index is 0.0621. The van der Waals surface area contributed by atoms with Gasteiger partial charge in [0.25, 0.3) is 11.8 Å². The Labute approximate surface area is 313 Å². The summed E-state index contributed by atoms with van der Waals surface area (Å²) >= 11 is 7.58. The molecule has 12 nitrogen and oxygen atoms in total. The lowest BCUT2D eigenvalue weighted by Crippen LogP contribution is -2.54. The third-order valence-electron chi connectivity index (χ3n) is 8.99. The van der Waals surface area contributed by atoms with Gasteiger partial charge >= 0.3 is 0 Å². The molecule has 1 atom stereocenters. The highest BCUT2D eigenvalue weighted by Crippen LogP contribution is 2.39. The zero-order chi connectivity index (χ0) is 37.4. The number of hydrogen-bond acceptors (Lipinski definition) is 9. The maximum Gasteiger partial charge on any atom is 0.262 e. The Hall–Kier alpha value is -6.15. The Morgan fingerprint density at radius 3 is 2.57 bits per heavy atom. The number of carbonyl (C=O) groups excluding carboxylic acids is 4. The largest absolute Gasteiger partial charge is 0.295 e. The van der Waals surface area contributed by atoms with Crippen LogP contribution < -0.4 is 10.2 Å². The summed E-state index contributed by atoms with van der Waals surface area (Å²) in [4.78, 5) is 58.0. The molecule has 53 heavy (non-hydrogen) atoms. The first kappa shape index (κ1) is 35.3. The molecule has 1 fully saturated rings. The van der Waals surface area contributed by atoms with Crippen LogP contribution in [0.4, 0.5) is 5.00 Å². The van der Waals surface area contributed by atoms with Gasteiger partial charge in [0.05, 0.1) is 40.0 Å². The summed E-state index contributed by atoms with van der Waals surface area (Å²) in [6.07, 6.45) is 5.01. The minimum Gasteiger partial charge on any atom is -0.295 e. The molecule has 3 aliphatic heterocycles. The second-order valence-corrected chi connectivity index (χ2v) is 14.1. The lowest BCUT2D eigenvalue weighted by molar-refractivity contribution is -0.136. The molecular formula is C39H31ClN8O4S. The Morgan fingerprint density at radius 2 is 1.81 bits per heavy atom. The number of nitrogens with one attached hydrogen (secondary N) is 3. The van der Waals surface area contributed by atoms with Crippen LogP contribution in [0.2, 0.25) is 5.02 Å². The summed E-state index contributed by atoms with van der Waals surface area (Å²) in [5.74, 6) is 10.9. The van der Waals surface area contributed by atoms with Crippen molar-refractivity contribution in [1.29, 1.82) is 10.8 Å². The summed E-state index contributed by atoms with van der Waals surface area (Å²) in [7, 11) is 0. The second-order valence-electron chi connectivity index (χ2n) is 12.6. The van der Waals surface area contributed by atoms with Crippen molar-refractivity contribution < 1.29 is 19.2 Å². The fraction of sp³-hybridized carbons (Fsp3) is 0.231. The number of piperidine rings is 1. The Bertz CT molecular complexity index is 2420. The van der Waals surface area contributed by atoms with Crippen molar-refractivity contribution in [3.63, 3.8) is 0 Å². The van der Waals surface area contributed by atoms with Crippen molar-refractivity contribution in [2.75, 3.05) is 11.4 Å². The van der Waals surface area contributed by atoms with Gasteiger partial charge in [-0.1, -0.05) is 47.4 Å². The molecule has 2 aromatic carbocycles. The van der Waals surface area contributed by atoms with E-state index in [-0.39, 0.29) is 42.2 Å². The van der Waals surface area contributed by atoms with Gasteiger partial charge in [-0.25, -0.2) is 0 Å². The maximum atomic E-state index is 13.1. The molecule has 14 heteroatoms. The van der Waals surface area contributed by atoms with Gasteiger partial charge in [-0.15, -0.1) is 11.3 Å². The zero-order valence-corrected chi connectivity index (χ0v) is 30.2. The number of hydrogen-bond donors (Lipinski definition) is 3. The molecule has 7 rings (SSSR count). The summed E-state index contributed by atoms with van der Waals surface area (Å²) in [5, 5.41) is 25.0. The third kappa shape index (κ3) is 6.92. The molecule has 5 heterocycles. The lowest BCUT2D eigenvalue weighted by atomic mass is 9.99. The molecule has 0 saturated carbocycles. The molecule has 0 aliphatic carbocycles. The van der Waals surface area contributed by atoms with E-state index in [1.165, 1.54) is 11.3 Å². The van der Waals surface area contributed by atoms with Crippen LogP contribution in [0.1, 0.15) is 86.0 Å². The number of imide groups is 2. The monoisotopic (exact) mass is 742 g/mol. The minimum atomic E-state index is -1.01. The molecule has 0 spiro atoms. The van der Waals surface area contributed by atoms with Gasteiger partial charge in [-0.05, 0) is 62.6 Å². The van der Waals surface area contributed by atoms with E-state index in [0.717, 1.165) is 42.7 Å². The number of halogens is 1. The van der Waals surface area contributed by atoms with Crippen LogP contribution in [0.3, 0.4) is 0 Å². The normalized spacial score (nSPS) is 16.5. The van der Waals surface area contributed by atoms with Crippen molar-refractivity contribution in [3.8, 4) is 23.7 Å². The van der Waals surface area contributed by atoms with Gasteiger partial charge in [0.15, 0.2) is 0 Å². The third-order valence-corrected chi connectivity index (χ3v) is 10.4. The number of thiophene rings is 1. The zero-order valence-electron chi connectivity index (χ0n) is 28.7. The summed E-state index contributed by atoms with van der Waals surface area (Å²) in [5.41, 5.74) is 5.10. The predicted molar refractivity (Wildman–Crippen MR) is 202 cm³/mol. The molecule has 2 aromatic heterocycles. The van der Waals surface area contributed by atoms with Crippen LogP contribution in [0, 0.1) is 41.4 Å². The van der Waals surface area contributed by atoms with Crippen LogP contribution >= 0.6 is 22.9 Å². The first-order chi connectivity index (χ1) is 25.5. The van der Waals surface area contributed by atoms with Gasteiger partial charge in [0, 0.05) is 47.3 Å². The summed E-state index contributed by atoms with van der Waals surface area (Å²) < 4.78 is 1.80. The molecule has 4 amide bonds. The van der Waals surface area contributed by atoms with Gasteiger partial charge in [-0.2, -0.15) is 5.10 Å². The molecule has 264 valence electrons. The van der Waals surface area contributed by atoms with E-state index in [4.69, 9.17) is 27.4 Å². The number of aliphatic imine (C=N–C) groups is 1. The number of benzene rings is 2. The smallest absolute Gasteiger partial charge is 0.262 e. The fourth-order valence-electron chi connectivity index (χ4n) is 6.40. The Morgan fingerprint density at radius 1 is 1.04 bits per heavy atom. The molecule has 0 radical (unpaired) electrons. The number of amides is 4. The lowest BCUT2D eigenvalue weighted by Gasteiger charge is -2.27. The van der Waals surface area contributed by atoms with Crippen LogP contribution in [0.15, 0.2) is 59.9 Å². The van der Waals surface area contributed by atoms with Crippen LogP contribution in [0.25, 0.3) is 0 Å². The molecule has 0 bridgehead atoms. The number of aromatic nitrogens is 2. The molecule has 1 saturated heterocycles. The van der Waals surface area contributed by atoms with E-state index < -0.39 is 29.7 Å². The topological polar surface area (TPSA) is 165 Å². The van der Waals surface area contributed by atoms with Gasteiger partial charge in [0.1, 0.15) is 22.7 Å². The number of carbonyl (C=O) groups is 4. The van der Waals surface area contributed by atoms with Crippen molar-refractivity contribution >= 4 is 69.0 Å². The molecule has 4 aromatic rings. The van der Waals surface area contributed by atoms with Crippen molar-refractivity contribution in [2.45, 2.75) is 52.1 Å². The van der Waals surface area contributed by atoms with Gasteiger partial charge < -0.3 is 0 Å². The molecular weight excluding hydrogens is 712 g/mol. The standard InChI is InChI=1S/C39H31ClN8O4S/c1-22-31(53-39-34(22)35(26-9-11-27(40)12-10-26)43-20-32(42)47(39)23(2)41)15-8-25-19-44-46(21-25)17-5-3-4-6-24-7-13-28-29(18-24)38(52)48(37(28)51)30-14-16-33(49)45-36(30)50/h7,9-13,18-19,21,30,41-42H,3,5,14,16-17,20H2,1-2H3,(H,45,49,50). The Balaban J connectivity index is 1.01. The second kappa shape index (κ2) is 14.5. The van der Waals surface area contributed by atoms with E-state index >= 15 is 0 Å². The molecule has 1 unspecified atom stereocenters. The van der Waals surface area contributed by atoms with Gasteiger partial charge in [-0.3, -0.25) is 54.8 Å². The number of fused-ring (bicyclic) bond motifs is 2. The van der Waals surface area contributed by atoms with Crippen LogP contribution in [-0.4, -0.2) is 68.3 Å². The SMILES string of the molecule is CC(=N)N1C(=N)CN=C(c2ccc(Cl)cc2)c2c1sc(C#Cc1cnn(CCCC#Cc3ccc4c(c3)C(=O)N(C3CCC(=O)NC3=O)C4=O)c1)c2C. The number of unbranched alkanes of at least 4 members (excludes halogenated alkanes) is 1. The van der Waals surface area contributed by atoms with E-state index in [1.54, 1.807) is 40.9 Å². The average molecular weight is 743 g/mol. The van der Waals surface area contributed by atoms with E-state index in [1.807, 2.05) is 37.4 Å². The molecule has 3 N–H and O–H groups in total. The quantitative estimate of drug-likeness (QED) is 0.0840. The van der Waals surface area contributed by atoms with Crippen LogP contribution in [0.5, 0.6) is 0 Å². The highest BCUT2D eigenvalue weighted by Gasteiger charge is 2.44. The number of aryl methyl sites for hydroxylation is 1. The first-order valence-corrected chi connectivity index (χ1v) is 18.0. The van der Waals surface area contributed by atoms with Gasteiger partial charge in [0.2, 0.25) is 11.8 Å². The summed E-state index contributed by atoms with van der Waals surface area (Å²) in [6, 6.07) is 11.2. The van der Waals surface area contributed by atoms with E-state index in [0.29, 0.717) is 30.0 Å². The van der Waals surface area contributed by atoms with E-state index in [9.17, 15) is 19.2 Å². The number of anilines is 1. The fourth-order valence-corrected chi connectivity index (χ4v) is 7.77. The van der Waals surface area contributed by atoms with Crippen molar-refractivity contribution in [3.05, 3.63) is 104 Å². The maximum absolute atomic E-state index is 13.1. The van der Waals surface area contributed by atoms with Crippen molar-refractivity contribution in [2.24, 2.45) is 4.99 Å². The molecule has 3 aliphatic rings. The van der Waals surface area contributed by atoms with Crippen molar-refractivity contribution in [1.82, 2.24) is 20.0 Å². The Kier molecular flexibility index (Phi) is 9.62. The van der Waals surface area contributed by atoms with Crippen LogP contribution in [-0.2, 0) is 16.1 Å². The number of amidine groups is 2. The van der Waals surface area contributed by atoms with E-state index in [2.05, 4.69) is 34.1 Å². The highest BCUT2D eigenvalue weighted by atomic mass is 35.5.